The summed E-state index contributed by atoms with van der Waals surface area (Å²) in [6, 6.07) is 17.1. The third-order valence-electron chi connectivity index (χ3n) is 6.93. The van der Waals surface area contributed by atoms with Gasteiger partial charge < -0.3 is 16.8 Å². The molecule has 0 radical (unpaired) electrons. The highest BCUT2D eigenvalue weighted by Gasteiger charge is 2.24. The van der Waals surface area contributed by atoms with Gasteiger partial charge in [-0.25, -0.2) is 17.9 Å². The molecule has 0 aliphatic carbocycles. The van der Waals surface area contributed by atoms with Crippen LogP contribution in [0.25, 0.3) is 22.1 Å². The normalized spacial score (nSPS) is 12.1. The van der Waals surface area contributed by atoms with Gasteiger partial charge in [0.2, 0.25) is 0 Å². The number of nitrogens with one attached hydrogen (secondary N) is 1. The molecule has 1 amide bonds. The third-order valence-corrected chi connectivity index (χ3v) is 8.12. The molecular formula is C30H25N9O4S. The Kier molecular flexibility index (Phi) is 7.17. The highest BCUT2D eigenvalue weighted by Crippen LogP contribution is 2.24. The lowest BCUT2D eigenvalue weighted by atomic mass is 10.0. The van der Waals surface area contributed by atoms with Crippen molar-refractivity contribution in [2.75, 3.05) is 11.6 Å². The van der Waals surface area contributed by atoms with Gasteiger partial charge in [-0.15, -0.1) is 5.10 Å². The molecule has 44 heavy (non-hydrogen) atoms. The minimum absolute atomic E-state index is 0.0294. The average Bonchev–Trinajstić information content (AvgIpc) is 3.64. The average molecular weight is 608 g/mol. The Morgan fingerprint density at radius 1 is 1.09 bits per heavy atom. The molecule has 6 aromatic rings. The molecule has 0 aliphatic rings. The van der Waals surface area contributed by atoms with Crippen molar-refractivity contribution in [3.63, 3.8) is 0 Å². The molecular weight excluding hydrogens is 582 g/mol. The molecule has 14 heteroatoms. The van der Waals surface area contributed by atoms with Crippen LogP contribution in [0.1, 0.15) is 40.1 Å². The second-order valence-corrected chi connectivity index (χ2v) is 11.7. The highest BCUT2D eigenvalue weighted by atomic mass is 32.2. The fourth-order valence-electron chi connectivity index (χ4n) is 4.85. The zero-order valence-electron chi connectivity index (χ0n) is 23.2. The summed E-state index contributed by atoms with van der Waals surface area (Å²) in [5.41, 5.74) is 13.3. The molecule has 0 saturated heterocycles. The zero-order valence-corrected chi connectivity index (χ0v) is 24.1. The van der Waals surface area contributed by atoms with E-state index in [4.69, 9.17) is 11.5 Å². The van der Waals surface area contributed by atoms with Crippen LogP contribution in [0.2, 0.25) is 0 Å². The SMILES string of the molecule is C[C@@H](NC(=O)c1c(N)nn2cccnc12)c1cc2cccc(C#Cc3cnn(S(=O)(=O)CN)c3)c2c(=O)n1-c1ccccc1. The van der Waals surface area contributed by atoms with Crippen molar-refractivity contribution in [2.45, 2.75) is 13.0 Å². The maximum Gasteiger partial charge on any atom is 0.266 e. The van der Waals surface area contributed by atoms with Crippen LogP contribution in [0.5, 0.6) is 0 Å². The van der Waals surface area contributed by atoms with E-state index in [0.29, 0.717) is 38.9 Å². The topological polar surface area (TPSA) is 185 Å². The minimum Gasteiger partial charge on any atom is -0.381 e. The number of hydrogen-bond acceptors (Lipinski definition) is 9. The van der Waals surface area contributed by atoms with Gasteiger partial charge in [0.05, 0.1) is 29.4 Å². The number of pyridine rings is 1. The van der Waals surface area contributed by atoms with E-state index in [9.17, 15) is 18.0 Å². The number of para-hydroxylation sites is 1. The monoisotopic (exact) mass is 607 g/mol. The summed E-state index contributed by atoms with van der Waals surface area (Å²) in [6.07, 6.45) is 5.76. The van der Waals surface area contributed by atoms with E-state index in [1.54, 1.807) is 55.7 Å². The van der Waals surface area contributed by atoms with Gasteiger partial charge in [0.1, 0.15) is 11.4 Å². The van der Waals surface area contributed by atoms with E-state index in [-0.39, 0.29) is 16.9 Å². The van der Waals surface area contributed by atoms with E-state index in [0.717, 1.165) is 4.09 Å². The number of carbonyl (C=O) groups is 1. The first-order chi connectivity index (χ1) is 21.2. The predicted octanol–water partition coefficient (Wildman–Crippen LogP) is 1.80. The minimum atomic E-state index is -3.77. The van der Waals surface area contributed by atoms with Crippen molar-refractivity contribution in [1.82, 2.24) is 33.7 Å². The van der Waals surface area contributed by atoms with E-state index in [1.165, 1.54) is 21.5 Å². The third kappa shape index (κ3) is 5.06. The number of aromatic nitrogens is 6. The first-order valence-corrected chi connectivity index (χ1v) is 14.9. The molecule has 0 spiro atoms. The van der Waals surface area contributed by atoms with Crippen LogP contribution in [0.4, 0.5) is 5.82 Å². The molecule has 220 valence electrons. The lowest BCUT2D eigenvalue weighted by molar-refractivity contribution is 0.0941. The molecule has 5 N–H and O–H groups in total. The molecule has 0 saturated carbocycles. The number of hydrogen-bond donors (Lipinski definition) is 3. The number of nitrogens with zero attached hydrogens (tertiary/aromatic N) is 6. The van der Waals surface area contributed by atoms with E-state index < -0.39 is 27.8 Å². The maximum atomic E-state index is 14.2. The maximum absolute atomic E-state index is 14.2. The molecule has 4 aromatic heterocycles. The first kappa shape index (κ1) is 28.3. The second kappa shape index (κ2) is 11.1. The van der Waals surface area contributed by atoms with Gasteiger partial charge in [-0.1, -0.05) is 42.2 Å². The van der Waals surface area contributed by atoms with Gasteiger partial charge in [0.15, 0.2) is 11.5 Å². The van der Waals surface area contributed by atoms with Crippen LogP contribution in [-0.4, -0.2) is 48.6 Å². The standard InChI is InChI=1S/C30H25N9O4S/c1-19(35-29(40)26-27(32)36-37-14-6-13-33-28(26)37)24-15-22-8-5-7-21(12-11-20-16-34-38(17-20)44(42,43)18-31)25(22)30(41)39(24)23-9-3-2-4-10-23/h2-10,13-17,19H,18,31H2,1H3,(H2,32,36)(H,35,40)/t19-/m1/s1. The first-order valence-electron chi connectivity index (χ1n) is 13.3. The van der Waals surface area contributed by atoms with Gasteiger partial charge in [0, 0.05) is 29.3 Å². The van der Waals surface area contributed by atoms with Crippen LogP contribution >= 0.6 is 0 Å². The van der Waals surface area contributed by atoms with Crippen LogP contribution < -0.4 is 22.3 Å². The summed E-state index contributed by atoms with van der Waals surface area (Å²) in [5, 5.41) is 11.9. The van der Waals surface area contributed by atoms with E-state index in [2.05, 4.69) is 32.3 Å². The Hall–Kier alpha value is -5.78. The molecule has 1 atom stereocenters. The Morgan fingerprint density at radius 3 is 2.66 bits per heavy atom. The molecule has 4 heterocycles. The highest BCUT2D eigenvalue weighted by molar-refractivity contribution is 7.89. The fraction of sp³-hybridized carbons (Fsp3) is 0.100. The molecule has 6 rings (SSSR count). The zero-order chi connectivity index (χ0) is 31.0. The van der Waals surface area contributed by atoms with Crippen molar-refractivity contribution in [3.05, 3.63) is 118 Å². The van der Waals surface area contributed by atoms with Gasteiger partial charge in [-0.3, -0.25) is 14.2 Å². The molecule has 13 nitrogen and oxygen atoms in total. The summed E-state index contributed by atoms with van der Waals surface area (Å²) < 4.78 is 27.8. The van der Waals surface area contributed by atoms with Crippen molar-refractivity contribution in [2.24, 2.45) is 5.73 Å². The number of anilines is 1. The number of fused-ring (bicyclic) bond motifs is 2. The Morgan fingerprint density at radius 2 is 1.89 bits per heavy atom. The largest absolute Gasteiger partial charge is 0.381 e. The molecule has 0 bridgehead atoms. The van der Waals surface area contributed by atoms with Crippen molar-refractivity contribution in [1.29, 1.82) is 0 Å². The fourth-order valence-corrected chi connectivity index (χ4v) is 5.47. The van der Waals surface area contributed by atoms with Crippen molar-refractivity contribution < 1.29 is 13.2 Å². The summed E-state index contributed by atoms with van der Waals surface area (Å²) in [7, 11) is -3.77. The predicted molar refractivity (Wildman–Crippen MR) is 164 cm³/mol. The van der Waals surface area contributed by atoms with Crippen LogP contribution in [0, 0.1) is 11.8 Å². The quantitative estimate of drug-likeness (QED) is 0.237. The Bertz CT molecular complexity index is 2300. The molecule has 0 fully saturated rings. The number of nitrogen functional groups attached to an aromatic ring is 1. The van der Waals surface area contributed by atoms with Crippen LogP contribution in [0.3, 0.4) is 0 Å². The number of amides is 1. The van der Waals surface area contributed by atoms with E-state index >= 15 is 0 Å². The number of nitrogens with two attached hydrogens (primary N) is 2. The van der Waals surface area contributed by atoms with Crippen molar-refractivity contribution in [3.8, 4) is 17.5 Å². The van der Waals surface area contributed by atoms with E-state index in [1.807, 2.05) is 24.3 Å². The molecule has 0 unspecified atom stereocenters. The second-order valence-electron chi connectivity index (χ2n) is 9.79. The summed E-state index contributed by atoms with van der Waals surface area (Å²) in [4.78, 5) is 31.9. The summed E-state index contributed by atoms with van der Waals surface area (Å²) >= 11 is 0. The Labute approximate surface area is 250 Å². The van der Waals surface area contributed by atoms with Gasteiger partial charge in [0.25, 0.3) is 21.5 Å². The van der Waals surface area contributed by atoms with Gasteiger partial charge >= 0.3 is 0 Å². The lowest BCUT2D eigenvalue weighted by Gasteiger charge is -2.21. The Balaban J connectivity index is 1.45. The van der Waals surface area contributed by atoms with Crippen LogP contribution in [0.15, 0.2) is 90.2 Å². The van der Waals surface area contributed by atoms with Crippen molar-refractivity contribution >= 4 is 38.2 Å². The number of rotatable bonds is 6. The van der Waals surface area contributed by atoms with Gasteiger partial charge in [-0.05, 0) is 42.6 Å². The lowest BCUT2D eigenvalue weighted by Crippen LogP contribution is -2.32. The molecule has 2 aromatic carbocycles. The van der Waals surface area contributed by atoms with Crippen LogP contribution in [-0.2, 0) is 10.0 Å². The molecule has 0 aliphatic heterocycles. The van der Waals surface area contributed by atoms with Gasteiger partial charge in [-0.2, -0.15) is 9.19 Å². The number of benzene rings is 2. The number of carbonyl (C=O) groups excluding carboxylic acids is 1. The summed E-state index contributed by atoms with van der Waals surface area (Å²) in [6.45, 7) is 1.77. The summed E-state index contributed by atoms with van der Waals surface area (Å²) in [5.74, 6) is 4.81. The smallest absolute Gasteiger partial charge is 0.266 e.